The third-order valence-electron chi connectivity index (χ3n) is 5.54. The smallest absolute Gasteiger partial charge is 0.264 e. The number of fused-ring (bicyclic) bond motifs is 1. The lowest BCUT2D eigenvalue weighted by Crippen LogP contribution is -2.51. The lowest BCUT2D eigenvalue weighted by molar-refractivity contribution is -0.128. The van der Waals surface area contributed by atoms with E-state index in [4.69, 9.17) is 4.74 Å². The third kappa shape index (κ3) is 4.34. The molecule has 0 fully saturated rings. The van der Waals surface area contributed by atoms with Crippen molar-refractivity contribution in [3.63, 3.8) is 0 Å². The lowest BCUT2D eigenvalue weighted by Gasteiger charge is -2.35. The molecular formula is C25H26N2O4S. The van der Waals surface area contributed by atoms with E-state index in [-0.39, 0.29) is 23.4 Å². The Labute approximate surface area is 188 Å². The van der Waals surface area contributed by atoms with E-state index in [1.54, 1.807) is 36.4 Å². The summed E-state index contributed by atoms with van der Waals surface area (Å²) in [5.74, 6) is 0.0112. The van der Waals surface area contributed by atoms with Gasteiger partial charge in [-0.15, -0.1) is 0 Å². The number of carbonyl (C=O) groups is 1. The maximum absolute atomic E-state index is 13.5. The van der Waals surface area contributed by atoms with Crippen LogP contribution in [0.4, 0.5) is 5.69 Å². The summed E-state index contributed by atoms with van der Waals surface area (Å²) in [5, 5.41) is 2.95. The zero-order valence-electron chi connectivity index (χ0n) is 18.3. The lowest BCUT2D eigenvalue weighted by atomic mass is 10.1. The van der Waals surface area contributed by atoms with Crippen molar-refractivity contribution in [3.05, 3.63) is 89.5 Å². The second-order valence-electron chi connectivity index (χ2n) is 8.07. The molecule has 166 valence electrons. The number of hydrogen-bond acceptors (Lipinski definition) is 4. The number of benzene rings is 3. The van der Waals surface area contributed by atoms with Crippen LogP contribution in [0.5, 0.6) is 5.75 Å². The summed E-state index contributed by atoms with van der Waals surface area (Å²) < 4.78 is 34.2. The number of sulfonamides is 1. The summed E-state index contributed by atoms with van der Waals surface area (Å²) in [7, 11) is -3.88. The number of nitrogens with zero attached hydrogens (tertiary/aromatic N) is 1. The first kappa shape index (κ1) is 21.9. The molecule has 1 heterocycles. The van der Waals surface area contributed by atoms with Gasteiger partial charge in [0.25, 0.3) is 15.9 Å². The first-order valence-corrected chi connectivity index (χ1v) is 11.9. The van der Waals surface area contributed by atoms with Crippen LogP contribution >= 0.6 is 0 Å². The predicted molar refractivity (Wildman–Crippen MR) is 124 cm³/mol. The van der Waals surface area contributed by atoms with Gasteiger partial charge in [0.15, 0.2) is 6.10 Å². The molecule has 0 unspecified atom stereocenters. The Kier molecular flexibility index (Phi) is 5.93. The summed E-state index contributed by atoms with van der Waals surface area (Å²) in [5.41, 5.74) is 3.26. The van der Waals surface area contributed by atoms with Gasteiger partial charge in [0, 0.05) is 0 Å². The van der Waals surface area contributed by atoms with Crippen LogP contribution in [0.2, 0.25) is 0 Å². The molecular weight excluding hydrogens is 424 g/mol. The molecule has 3 aromatic rings. The maximum Gasteiger partial charge on any atom is 0.264 e. The van der Waals surface area contributed by atoms with Crippen LogP contribution < -0.4 is 14.4 Å². The average molecular weight is 451 g/mol. The number of nitrogens with one attached hydrogen (secondary N) is 1. The normalized spacial score (nSPS) is 16.6. The molecule has 3 aromatic carbocycles. The van der Waals surface area contributed by atoms with Crippen LogP contribution in [-0.4, -0.2) is 27.0 Å². The van der Waals surface area contributed by atoms with Gasteiger partial charge in [0.05, 0.1) is 23.2 Å². The van der Waals surface area contributed by atoms with Gasteiger partial charge in [0.2, 0.25) is 0 Å². The highest BCUT2D eigenvalue weighted by molar-refractivity contribution is 7.92. The number of ether oxygens (including phenoxy) is 1. The number of rotatable bonds is 5. The summed E-state index contributed by atoms with van der Waals surface area (Å²) in [6.45, 7) is 5.57. The van der Waals surface area contributed by atoms with Crippen molar-refractivity contribution in [2.24, 2.45) is 0 Å². The molecule has 1 aliphatic rings. The zero-order chi connectivity index (χ0) is 22.9. The molecule has 1 N–H and O–H groups in total. The molecule has 0 radical (unpaired) electrons. The molecule has 32 heavy (non-hydrogen) atoms. The summed E-state index contributed by atoms with van der Waals surface area (Å²) >= 11 is 0. The van der Waals surface area contributed by atoms with E-state index < -0.39 is 16.1 Å². The molecule has 0 aliphatic carbocycles. The molecule has 0 aromatic heterocycles. The summed E-state index contributed by atoms with van der Waals surface area (Å²) in [6, 6.07) is 21.3. The Morgan fingerprint density at radius 1 is 1.00 bits per heavy atom. The Morgan fingerprint density at radius 3 is 2.34 bits per heavy atom. The van der Waals surface area contributed by atoms with Crippen LogP contribution in [0.15, 0.2) is 77.7 Å². The van der Waals surface area contributed by atoms with Crippen molar-refractivity contribution in [3.8, 4) is 5.75 Å². The molecule has 0 saturated carbocycles. The van der Waals surface area contributed by atoms with E-state index in [1.807, 2.05) is 57.2 Å². The highest BCUT2D eigenvalue weighted by atomic mass is 32.2. The van der Waals surface area contributed by atoms with Crippen molar-refractivity contribution < 1.29 is 17.9 Å². The Hall–Kier alpha value is -3.32. The van der Waals surface area contributed by atoms with Gasteiger partial charge in [-0.1, -0.05) is 54.1 Å². The minimum atomic E-state index is -3.88. The quantitative estimate of drug-likeness (QED) is 0.634. The second kappa shape index (κ2) is 8.67. The first-order valence-electron chi connectivity index (χ1n) is 10.5. The SMILES string of the molecule is Cc1ccc(S(=O)(=O)N2C[C@@H](C(=O)N[C@@H](C)c3ccccc3)Oc3cc(C)ccc32)cc1. The number of anilines is 1. The van der Waals surface area contributed by atoms with Crippen molar-refractivity contribution in [1.29, 1.82) is 0 Å². The fourth-order valence-electron chi connectivity index (χ4n) is 3.69. The molecule has 1 aliphatic heterocycles. The van der Waals surface area contributed by atoms with Gasteiger partial charge >= 0.3 is 0 Å². The molecule has 0 spiro atoms. The van der Waals surface area contributed by atoms with Crippen molar-refractivity contribution in [2.75, 3.05) is 10.8 Å². The van der Waals surface area contributed by atoms with Crippen molar-refractivity contribution in [2.45, 2.75) is 37.8 Å². The second-order valence-corrected chi connectivity index (χ2v) is 9.93. The molecule has 0 saturated heterocycles. The van der Waals surface area contributed by atoms with Crippen molar-refractivity contribution in [1.82, 2.24) is 5.32 Å². The average Bonchev–Trinajstić information content (AvgIpc) is 2.78. The summed E-state index contributed by atoms with van der Waals surface area (Å²) in [4.78, 5) is 13.2. The minimum Gasteiger partial charge on any atom is -0.476 e. The minimum absolute atomic E-state index is 0.111. The highest BCUT2D eigenvalue weighted by Crippen LogP contribution is 2.37. The Morgan fingerprint density at radius 2 is 1.66 bits per heavy atom. The van der Waals surface area contributed by atoms with Gasteiger partial charge < -0.3 is 10.1 Å². The molecule has 0 bridgehead atoms. The van der Waals surface area contributed by atoms with E-state index >= 15 is 0 Å². The molecule has 1 amide bonds. The van der Waals surface area contributed by atoms with Gasteiger partial charge in [-0.3, -0.25) is 9.10 Å². The van der Waals surface area contributed by atoms with Crippen molar-refractivity contribution >= 4 is 21.6 Å². The van der Waals surface area contributed by atoms with E-state index in [9.17, 15) is 13.2 Å². The zero-order valence-corrected chi connectivity index (χ0v) is 19.1. The van der Waals surface area contributed by atoms with E-state index in [1.165, 1.54) is 4.31 Å². The Bertz CT molecular complexity index is 1220. The summed E-state index contributed by atoms with van der Waals surface area (Å²) in [6.07, 6.45) is -0.976. The molecule has 2 atom stereocenters. The number of carbonyl (C=O) groups excluding carboxylic acids is 1. The molecule has 7 heteroatoms. The van der Waals surface area contributed by atoms with E-state index in [0.717, 1.165) is 16.7 Å². The van der Waals surface area contributed by atoms with Crippen LogP contribution in [0.3, 0.4) is 0 Å². The fourth-order valence-corrected chi connectivity index (χ4v) is 5.17. The predicted octanol–water partition coefficient (Wildman–Crippen LogP) is 4.14. The third-order valence-corrected chi connectivity index (χ3v) is 7.34. The van der Waals surface area contributed by atoms with Crippen LogP contribution in [0.1, 0.15) is 29.7 Å². The molecule has 4 rings (SSSR count). The highest BCUT2D eigenvalue weighted by Gasteiger charge is 2.38. The maximum atomic E-state index is 13.5. The van der Waals surface area contributed by atoms with Gasteiger partial charge in [-0.25, -0.2) is 8.42 Å². The first-order chi connectivity index (χ1) is 15.3. The van der Waals surface area contributed by atoms with Crippen LogP contribution in [-0.2, 0) is 14.8 Å². The Balaban J connectivity index is 1.65. The van der Waals surface area contributed by atoms with Gasteiger partial charge in [0.1, 0.15) is 5.75 Å². The van der Waals surface area contributed by atoms with Crippen LogP contribution in [0, 0.1) is 13.8 Å². The van der Waals surface area contributed by atoms with E-state index in [2.05, 4.69) is 5.32 Å². The number of aryl methyl sites for hydroxylation is 2. The molecule has 6 nitrogen and oxygen atoms in total. The van der Waals surface area contributed by atoms with Crippen LogP contribution in [0.25, 0.3) is 0 Å². The van der Waals surface area contributed by atoms with Gasteiger partial charge in [-0.2, -0.15) is 0 Å². The fraction of sp³-hybridized carbons (Fsp3) is 0.240. The monoisotopic (exact) mass is 450 g/mol. The number of amides is 1. The standard InChI is InChI=1S/C25H26N2O4S/c1-17-9-12-21(13-10-17)32(29,30)27-16-24(31-23-15-18(2)11-14-22(23)27)25(28)26-19(3)20-7-5-4-6-8-20/h4-15,19,24H,16H2,1-3H3,(H,26,28)/t19-,24-/m0/s1. The number of hydrogen-bond donors (Lipinski definition) is 1. The largest absolute Gasteiger partial charge is 0.476 e. The van der Waals surface area contributed by atoms with E-state index in [0.29, 0.717) is 11.4 Å². The van der Waals surface area contributed by atoms with Gasteiger partial charge in [-0.05, 0) is 56.2 Å². The topological polar surface area (TPSA) is 75.7 Å².